The molecule has 0 unspecified atom stereocenters. The molecule has 0 spiro atoms. The van der Waals surface area contributed by atoms with E-state index in [0.717, 1.165) is 5.56 Å². The summed E-state index contributed by atoms with van der Waals surface area (Å²) in [6.45, 7) is 1.78. The molecular formula is C18H13N3O3. The van der Waals surface area contributed by atoms with Crippen molar-refractivity contribution in [1.82, 2.24) is 10.1 Å². The van der Waals surface area contributed by atoms with Crippen molar-refractivity contribution in [2.45, 2.75) is 6.92 Å². The average molecular weight is 319 g/mol. The predicted molar refractivity (Wildman–Crippen MR) is 88.6 cm³/mol. The van der Waals surface area contributed by atoms with Crippen molar-refractivity contribution in [1.29, 1.82) is 0 Å². The smallest absolute Gasteiger partial charge is 0.294 e. The summed E-state index contributed by atoms with van der Waals surface area (Å²) in [7, 11) is 0. The second-order valence-corrected chi connectivity index (χ2v) is 5.31. The summed E-state index contributed by atoms with van der Waals surface area (Å²) < 4.78 is 10.6. The first-order valence-corrected chi connectivity index (χ1v) is 7.40. The highest BCUT2D eigenvalue weighted by molar-refractivity contribution is 6.03. The van der Waals surface area contributed by atoms with Crippen LogP contribution in [0.4, 0.5) is 5.69 Å². The summed E-state index contributed by atoms with van der Waals surface area (Å²) in [4.78, 5) is 16.6. The number of benzene rings is 2. The lowest BCUT2D eigenvalue weighted by atomic mass is 10.1. The Morgan fingerprint density at radius 3 is 2.75 bits per heavy atom. The van der Waals surface area contributed by atoms with E-state index in [1.807, 2.05) is 30.3 Å². The molecule has 4 aromatic rings. The van der Waals surface area contributed by atoms with Gasteiger partial charge in [0.1, 0.15) is 11.2 Å². The molecule has 6 nitrogen and oxygen atoms in total. The number of rotatable bonds is 3. The van der Waals surface area contributed by atoms with Gasteiger partial charge in [-0.1, -0.05) is 35.5 Å². The molecule has 2 heterocycles. The Balaban J connectivity index is 1.56. The van der Waals surface area contributed by atoms with Gasteiger partial charge >= 0.3 is 0 Å². The summed E-state index contributed by atoms with van der Waals surface area (Å²) in [5.41, 5.74) is 3.48. The Labute approximate surface area is 137 Å². The molecule has 0 bridgehead atoms. The molecule has 0 saturated carbocycles. The summed E-state index contributed by atoms with van der Waals surface area (Å²) in [6.07, 6.45) is 0. The lowest BCUT2D eigenvalue weighted by Crippen LogP contribution is -2.10. The fraction of sp³-hybridized carbons (Fsp3) is 0.0556. The second-order valence-electron chi connectivity index (χ2n) is 5.31. The van der Waals surface area contributed by atoms with Gasteiger partial charge in [0.25, 0.3) is 5.91 Å². The van der Waals surface area contributed by atoms with Gasteiger partial charge in [-0.2, -0.15) is 0 Å². The van der Waals surface area contributed by atoms with Crippen molar-refractivity contribution in [2.24, 2.45) is 0 Å². The van der Waals surface area contributed by atoms with Crippen molar-refractivity contribution < 1.29 is 13.7 Å². The van der Waals surface area contributed by atoms with E-state index in [-0.39, 0.29) is 11.7 Å². The van der Waals surface area contributed by atoms with Crippen LogP contribution in [0, 0.1) is 6.92 Å². The van der Waals surface area contributed by atoms with Crippen LogP contribution in [-0.4, -0.2) is 16.0 Å². The van der Waals surface area contributed by atoms with Crippen LogP contribution < -0.4 is 5.32 Å². The average Bonchev–Trinajstić information content (AvgIpc) is 3.21. The Morgan fingerprint density at radius 2 is 1.92 bits per heavy atom. The molecule has 6 heteroatoms. The maximum Gasteiger partial charge on any atom is 0.294 e. The maximum absolute atomic E-state index is 12.3. The van der Waals surface area contributed by atoms with Crippen molar-refractivity contribution in [3.05, 3.63) is 66.2 Å². The SMILES string of the molecule is Cc1nc2cc(NC(=O)c3cc(-c4ccccc4)no3)ccc2o1. The molecule has 1 amide bonds. The van der Waals surface area contributed by atoms with Crippen molar-refractivity contribution in [3.63, 3.8) is 0 Å². The second kappa shape index (κ2) is 5.66. The largest absolute Gasteiger partial charge is 0.441 e. The third kappa shape index (κ3) is 2.65. The fourth-order valence-electron chi connectivity index (χ4n) is 2.44. The van der Waals surface area contributed by atoms with Crippen molar-refractivity contribution in [3.8, 4) is 11.3 Å². The van der Waals surface area contributed by atoms with E-state index in [1.165, 1.54) is 0 Å². The number of carbonyl (C=O) groups excluding carboxylic acids is 1. The summed E-state index contributed by atoms with van der Waals surface area (Å²) >= 11 is 0. The first-order valence-electron chi connectivity index (χ1n) is 7.40. The number of aromatic nitrogens is 2. The highest BCUT2D eigenvalue weighted by atomic mass is 16.5. The fourth-order valence-corrected chi connectivity index (χ4v) is 2.44. The zero-order valence-corrected chi connectivity index (χ0v) is 12.8. The number of carbonyl (C=O) groups is 1. The zero-order chi connectivity index (χ0) is 16.5. The highest BCUT2D eigenvalue weighted by Gasteiger charge is 2.15. The van der Waals surface area contributed by atoms with Gasteiger partial charge in [-0.3, -0.25) is 4.79 Å². The molecule has 2 aromatic carbocycles. The molecule has 0 fully saturated rings. The molecule has 0 aliphatic heterocycles. The van der Waals surface area contributed by atoms with Crippen LogP contribution in [0.3, 0.4) is 0 Å². The number of aryl methyl sites for hydroxylation is 1. The van der Waals surface area contributed by atoms with Crippen LogP contribution >= 0.6 is 0 Å². The molecule has 2 aromatic heterocycles. The quantitative estimate of drug-likeness (QED) is 0.616. The Hall–Kier alpha value is -3.41. The normalized spacial score (nSPS) is 10.9. The lowest BCUT2D eigenvalue weighted by molar-refractivity contribution is 0.0988. The third-order valence-corrected chi connectivity index (χ3v) is 3.56. The van der Waals surface area contributed by atoms with Gasteiger partial charge in [0.15, 0.2) is 11.5 Å². The molecule has 0 aliphatic rings. The van der Waals surface area contributed by atoms with Gasteiger partial charge in [-0.05, 0) is 18.2 Å². The Bertz CT molecular complexity index is 1020. The van der Waals surface area contributed by atoms with E-state index < -0.39 is 0 Å². The van der Waals surface area contributed by atoms with Gasteiger partial charge in [0.05, 0.1) is 0 Å². The molecule has 1 N–H and O–H groups in total. The van der Waals surface area contributed by atoms with Gasteiger partial charge in [0.2, 0.25) is 5.76 Å². The number of amides is 1. The molecule has 0 saturated heterocycles. The van der Waals surface area contributed by atoms with Crippen molar-refractivity contribution >= 4 is 22.7 Å². The van der Waals surface area contributed by atoms with E-state index in [0.29, 0.717) is 28.4 Å². The number of hydrogen-bond donors (Lipinski definition) is 1. The number of anilines is 1. The Morgan fingerprint density at radius 1 is 1.08 bits per heavy atom. The molecular weight excluding hydrogens is 306 g/mol. The highest BCUT2D eigenvalue weighted by Crippen LogP contribution is 2.22. The van der Waals surface area contributed by atoms with Crippen LogP contribution in [0.5, 0.6) is 0 Å². The van der Waals surface area contributed by atoms with Gasteiger partial charge in [-0.15, -0.1) is 0 Å². The molecule has 118 valence electrons. The zero-order valence-electron chi connectivity index (χ0n) is 12.8. The number of hydrogen-bond acceptors (Lipinski definition) is 5. The predicted octanol–water partition coefficient (Wildman–Crippen LogP) is 4.04. The molecule has 24 heavy (non-hydrogen) atoms. The monoisotopic (exact) mass is 319 g/mol. The first-order chi connectivity index (χ1) is 11.7. The van der Waals surface area contributed by atoms with Crippen LogP contribution in [0.1, 0.15) is 16.4 Å². The van der Waals surface area contributed by atoms with Gasteiger partial charge in [-0.25, -0.2) is 4.98 Å². The van der Waals surface area contributed by atoms with E-state index >= 15 is 0 Å². The number of oxazole rings is 1. The first kappa shape index (κ1) is 14.2. The standard InChI is InChI=1S/C18H13N3O3/c1-11-19-15-9-13(7-8-16(15)23-11)20-18(22)17-10-14(21-24-17)12-5-3-2-4-6-12/h2-10H,1H3,(H,20,22). The van der Waals surface area contributed by atoms with Gasteiger partial charge < -0.3 is 14.3 Å². The summed E-state index contributed by atoms with van der Waals surface area (Å²) in [5, 5.41) is 6.71. The Kier molecular flexibility index (Phi) is 3.35. The lowest BCUT2D eigenvalue weighted by Gasteiger charge is -2.01. The minimum Gasteiger partial charge on any atom is -0.441 e. The van der Waals surface area contributed by atoms with E-state index in [2.05, 4.69) is 15.5 Å². The van der Waals surface area contributed by atoms with Crippen LogP contribution in [0.2, 0.25) is 0 Å². The van der Waals surface area contributed by atoms with Crippen LogP contribution in [0.25, 0.3) is 22.4 Å². The minimum atomic E-state index is -0.371. The van der Waals surface area contributed by atoms with E-state index in [4.69, 9.17) is 8.94 Å². The molecule has 4 rings (SSSR count). The van der Waals surface area contributed by atoms with E-state index in [9.17, 15) is 4.79 Å². The van der Waals surface area contributed by atoms with Gasteiger partial charge in [0, 0.05) is 24.2 Å². The number of nitrogens with zero attached hydrogens (tertiary/aromatic N) is 2. The molecule has 0 atom stereocenters. The number of fused-ring (bicyclic) bond motifs is 1. The molecule has 0 aliphatic carbocycles. The van der Waals surface area contributed by atoms with E-state index in [1.54, 1.807) is 31.2 Å². The molecule has 0 radical (unpaired) electrons. The topological polar surface area (TPSA) is 81.2 Å². The van der Waals surface area contributed by atoms with Crippen LogP contribution in [-0.2, 0) is 0 Å². The summed E-state index contributed by atoms with van der Waals surface area (Å²) in [5.74, 6) is 0.353. The number of nitrogens with one attached hydrogen (secondary N) is 1. The minimum absolute atomic E-state index is 0.144. The summed E-state index contributed by atoms with van der Waals surface area (Å²) in [6, 6.07) is 16.4. The maximum atomic E-state index is 12.3. The third-order valence-electron chi connectivity index (χ3n) is 3.56. The van der Waals surface area contributed by atoms with Crippen LogP contribution in [0.15, 0.2) is 63.5 Å². The van der Waals surface area contributed by atoms with Crippen molar-refractivity contribution in [2.75, 3.05) is 5.32 Å².